The molecule has 9 nitrogen and oxygen atoms in total. The van der Waals surface area contributed by atoms with Crippen molar-refractivity contribution < 1.29 is 13.9 Å². The fourth-order valence-electron chi connectivity index (χ4n) is 3.44. The van der Waals surface area contributed by atoms with Gasteiger partial charge in [-0.05, 0) is 36.4 Å². The van der Waals surface area contributed by atoms with Crippen LogP contribution in [0.1, 0.15) is 0 Å². The average molecular weight is 455 g/mol. The normalized spacial score (nSPS) is 10.9. The minimum absolute atomic E-state index is 0.161. The van der Waals surface area contributed by atoms with Gasteiger partial charge in [0.15, 0.2) is 5.65 Å². The molecule has 5 aromatic rings. The highest BCUT2D eigenvalue weighted by atomic mass is 19.1. The van der Waals surface area contributed by atoms with Crippen LogP contribution in [0.5, 0.6) is 11.6 Å². The zero-order chi connectivity index (χ0) is 23.5. The summed E-state index contributed by atoms with van der Waals surface area (Å²) in [5.74, 6) is 0.457. The molecular formula is C24H18FN7O2. The van der Waals surface area contributed by atoms with Gasteiger partial charge in [0.2, 0.25) is 11.8 Å². The molecule has 0 fully saturated rings. The molecule has 0 unspecified atom stereocenters. The highest BCUT2D eigenvalue weighted by molar-refractivity contribution is 5.99. The molecular weight excluding hydrogens is 437 g/mol. The summed E-state index contributed by atoms with van der Waals surface area (Å²) < 4.78 is 20.6. The van der Waals surface area contributed by atoms with E-state index in [9.17, 15) is 9.18 Å². The number of carbonyl (C=O) groups excluding carboxylic acids is 1. The highest BCUT2D eigenvalue weighted by Gasteiger charge is 2.19. The predicted molar refractivity (Wildman–Crippen MR) is 125 cm³/mol. The summed E-state index contributed by atoms with van der Waals surface area (Å²) in [6.45, 7) is -0.161. The molecule has 3 heterocycles. The number of nitrogens with one attached hydrogen (secondary N) is 1. The average Bonchev–Trinajstić information content (AvgIpc) is 3.20. The molecule has 0 radical (unpaired) electrons. The van der Waals surface area contributed by atoms with Crippen molar-refractivity contribution in [2.24, 2.45) is 0 Å². The Bertz CT molecular complexity index is 1470. The minimum Gasteiger partial charge on any atom is -0.439 e. The van der Waals surface area contributed by atoms with E-state index in [4.69, 9.17) is 10.5 Å². The number of aromatic nitrogens is 5. The first kappa shape index (κ1) is 21.0. The maximum Gasteiger partial charge on any atom is 0.246 e. The second kappa shape index (κ2) is 8.94. The molecule has 0 aliphatic rings. The van der Waals surface area contributed by atoms with Crippen LogP contribution in [0.2, 0.25) is 0 Å². The van der Waals surface area contributed by atoms with Crippen LogP contribution < -0.4 is 15.8 Å². The molecule has 0 saturated carbocycles. The number of para-hydroxylation sites is 1. The number of nitrogens with zero attached hydrogens (tertiary/aromatic N) is 5. The van der Waals surface area contributed by atoms with E-state index in [-0.39, 0.29) is 12.4 Å². The fourth-order valence-corrected chi connectivity index (χ4v) is 3.44. The van der Waals surface area contributed by atoms with Crippen molar-refractivity contribution in [3.63, 3.8) is 0 Å². The van der Waals surface area contributed by atoms with Crippen LogP contribution in [-0.2, 0) is 11.3 Å². The van der Waals surface area contributed by atoms with Gasteiger partial charge < -0.3 is 15.8 Å². The monoisotopic (exact) mass is 455 g/mol. The van der Waals surface area contributed by atoms with E-state index in [1.165, 1.54) is 29.2 Å². The maximum atomic E-state index is 13.4. The Morgan fingerprint density at radius 3 is 2.65 bits per heavy atom. The summed E-state index contributed by atoms with van der Waals surface area (Å²) in [7, 11) is 0. The van der Waals surface area contributed by atoms with Crippen molar-refractivity contribution in [3.05, 3.63) is 85.1 Å². The van der Waals surface area contributed by atoms with E-state index in [0.29, 0.717) is 39.6 Å². The first-order valence-electron chi connectivity index (χ1n) is 10.3. The van der Waals surface area contributed by atoms with Gasteiger partial charge in [-0.1, -0.05) is 24.3 Å². The number of nitrogens with two attached hydrogens (primary N) is 1. The lowest BCUT2D eigenvalue weighted by Crippen LogP contribution is -2.19. The molecule has 168 valence electrons. The van der Waals surface area contributed by atoms with Crippen LogP contribution in [-0.4, -0.2) is 30.6 Å². The Labute approximate surface area is 193 Å². The topological polar surface area (TPSA) is 121 Å². The van der Waals surface area contributed by atoms with Crippen molar-refractivity contribution in [1.82, 2.24) is 24.7 Å². The lowest BCUT2D eigenvalue weighted by Gasteiger charge is -2.06. The molecule has 10 heteroatoms. The number of hydrogen-bond donors (Lipinski definition) is 2. The summed E-state index contributed by atoms with van der Waals surface area (Å²) in [5, 5.41) is 7.70. The molecule has 1 amide bonds. The van der Waals surface area contributed by atoms with Gasteiger partial charge in [0.05, 0.1) is 5.39 Å². The number of carbonyl (C=O) groups is 1. The Morgan fingerprint density at radius 2 is 1.88 bits per heavy atom. The van der Waals surface area contributed by atoms with Crippen LogP contribution in [0.4, 0.5) is 15.9 Å². The molecule has 0 aliphatic heterocycles. The molecule has 0 spiro atoms. The summed E-state index contributed by atoms with van der Waals surface area (Å²) in [6.07, 6.45) is 2.91. The molecule has 0 atom stereocenters. The Balaban J connectivity index is 1.43. The minimum atomic E-state index is -0.447. The first-order valence-corrected chi connectivity index (χ1v) is 10.3. The predicted octanol–water partition coefficient (Wildman–Crippen LogP) is 4.04. The van der Waals surface area contributed by atoms with Gasteiger partial charge in [-0.15, -0.1) is 0 Å². The number of fused-ring (bicyclic) bond motifs is 1. The van der Waals surface area contributed by atoms with E-state index in [0.717, 1.165) is 0 Å². The second-order valence-electron chi connectivity index (χ2n) is 7.32. The van der Waals surface area contributed by atoms with Crippen molar-refractivity contribution in [2.45, 2.75) is 6.54 Å². The summed E-state index contributed by atoms with van der Waals surface area (Å²) in [4.78, 5) is 25.3. The van der Waals surface area contributed by atoms with Crippen LogP contribution in [0.15, 0.2) is 79.3 Å². The van der Waals surface area contributed by atoms with E-state index in [2.05, 4.69) is 25.4 Å². The lowest BCUT2D eigenvalue weighted by atomic mass is 10.1. The van der Waals surface area contributed by atoms with Gasteiger partial charge in [0.1, 0.15) is 36.0 Å². The molecule has 5 rings (SSSR count). The lowest BCUT2D eigenvalue weighted by molar-refractivity contribution is -0.116. The van der Waals surface area contributed by atoms with Crippen LogP contribution in [0, 0.1) is 5.82 Å². The third kappa shape index (κ3) is 4.37. The highest BCUT2D eigenvalue weighted by Crippen LogP contribution is 2.31. The summed E-state index contributed by atoms with van der Waals surface area (Å²) in [5.41, 5.74) is 7.98. The molecule has 0 saturated heterocycles. The number of halogens is 1. The van der Waals surface area contributed by atoms with Gasteiger partial charge in [-0.2, -0.15) is 5.10 Å². The van der Waals surface area contributed by atoms with Crippen LogP contribution in [0.3, 0.4) is 0 Å². The van der Waals surface area contributed by atoms with Crippen LogP contribution >= 0.6 is 0 Å². The van der Waals surface area contributed by atoms with E-state index in [1.54, 1.807) is 24.4 Å². The van der Waals surface area contributed by atoms with Crippen molar-refractivity contribution >= 4 is 28.4 Å². The third-order valence-corrected chi connectivity index (χ3v) is 4.94. The smallest absolute Gasteiger partial charge is 0.246 e. The molecule has 0 aliphatic carbocycles. The number of rotatable bonds is 6. The quantitative estimate of drug-likeness (QED) is 0.396. The molecule has 3 N–H and O–H groups in total. The Kier molecular flexibility index (Phi) is 5.53. The Morgan fingerprint density at radius 1 is 1.03 bits per heavy atom. The molecule has 0 bridgehead atoms. The largest absolute Gasteiger partial charge is 0.439 e. The van der Waals surface area contributed by atoms with Crippen molar-refractivity contribution in [1.29, 1.82) is 0 Å². The number of anilines is 2. The number of ether oxygens (including phenoxy) is 1. The van der Waals surface area contributed by atoms with Gasteiger partial charge in [0, 0.05) is 23.5 Å². The first-order chi connectivity index (χ1) is 16.6. The molecule has 3 aromatic heterocycles. The SMILES string of the molecule is Nc1ncnc2c1c(-c1ccc(Oc3ccccc3)nc1)nn2CC(=O)Nc1cccc(F)c1. The second-order valence-corrected chi connectivity index (χ2v) is 7.32. The maximum absolute atomic E-state index is 13.4. The Hall–Kier alpha value is -4.86. The van der Waals surface area contributed by atoms with E-state index in [1.807, 2.05) is 30.3 Å². The van der Waals surface area contributed by atoms with Crippen LogP contribution in [0.25, 0.3) is 22.3 Å². The summed E-state index contributed by atoms with van der Waals surface area (Å²) >= 11 is 0. The number of hydrogen-bond acceptors (Lipinski definition) is 7. The summed E-state index contributed by atoms with van der Waals surface area (Å²) in [6, 6.07) is 18.4. The molecule has 2 aromatic carbocycles. The van der Waals surface area contributed by atoms with E-state index >= 15 is 0 Å². The fraction of sp³-hybridized carbons (Fsp3) is 0.0417. The zero-order valence-corrected chi connectivity index (χ0v) is 17.7. The van der Waals surface area contributed by atoms with Gasteiger partial charge in [-0.3, -0.25) is 4.79 Å². The zero-order valence-electron chi connectivity index (χ0n) is 17.7. The van der Waals surface area contributed by atoms with Gasteiger partial charge in [0.25, 0.3) is 0 Å². The van der Waals surface area contributed by atoms with E-state index < -0.39 is 11.7 Å². The third-order valence-electron chi connectivity index (χ3n) is 4.94. The van der Waals surface area contributed by atoms with Gasteiger partial charge >= 0.3 is 0 Å². The number of benzene rings is 2. The van der Waals surface area contributed by atoms with Gasteiger partial charge in [-0.25, -0.2) is 24.0 Å². The van der Waals surface area contributed by atoms with Crippen molar-refractivity contribution in [2.75, 3.05) is 11.1 Å². The molecule has 34 heavy (non-hydrogen) atoms. The number of amides is 1. The standard InChI is InChI=1S/C24H18FN7O2/c25-16-5-4-6-17(11-16)30-19(33)13-32-24-21(23(26)28-14-29-24)22(31-32)15-9-10-20(27-12-15)34-18-7-2-1-3-8-18/h1-12,14H,13H2,(H,30,33)(H2,26,28,29). The number of nitrogen functional groups attached to an aromatic ring is 1. The number of pyridine rings is 1. The van der Waals surface area contributed by atoms with Crippen molar-refractivity contribution in [3.8, 4) is 22.9 Å².